The van der Waals surface area contributed by atoms with Crippen LogP contribution in [0.1, 0.15) is 43.7 Å². The summed E-state index contributed by atoms with van der Waals surface area (Å²) in [6.07, 6.45) is -1.63. The van der Waals surface area contributed by atoms with Crippen LogP contribution < -0.4 is 15.5 Å². The maximum Gasteiger partial charge on any atom is 0.321 e. The molecule has 0 radical (unpaired) electrons. The largest absolute Gasteiger partial charge is 0.507 e. The Kier molecular flexibility index (Phi) is 11.1. The average molecular weight is 847 g/mol. The number of Topliss-reactive ketones (excluding diaryl/α,β-unsaturated/α-hetero) is 1. The smallest absolute Gasteiger partial charge is 0.321 e. The number of benzodiazepines with no additional fused rings is 1. The van der Waals surface area contributed by atoms with E-state index in [2.05, 4.69) is 26.2 Å². The van der Waals surface area contributed by atoms with Gasteiger partial charge in [0.1, 0.15) is 17.1 Å². The van der Waals surface area contributed by atoms with Crippen LogP contribution in [0, 0.1) is 12.7 Å². The molecule has 1 aliphatic rings. The quantitative estimate of drug-likeness (QED) is 0.0871. The molecule has 2 heterocycles. The molecule has 8 aromatic rings. The molecule has 0 aliphatic carbocycles. The molecule has 0 spiro atoms. The summed E-state index contributed by atoms with van der Waals surface area (Å²) in [5.74, 6) is -1.77. The third-order valence-electron chi connectivity index (χ3n) is 11.2. The summed E-state index contributed by atoms with van der Waals surface area (Å²) in [5, 5.41) is 29.4. The average Bonchev–Trinajstić information content (AvgIpc) is 3.78. The van der Waals surface area contributed by atoms with Gasteiger partial charge in [-0.1, -0.05) is 146 Å². The number of hydrogen-bond donors (Lipinski definition) is 3. The van der Waals surface area contributed by atoms with E-state index < -0.39 is 41.8 Å². The predicted molar refractivity (Wildman–Crippen MR) is 242 cm³/mol. The van der Waals surface area contributed by atoms with Crippen LogP contribution in [0.15, 0.2) is 187 Å². The molecule has 0 saturated carbocycles. The number of para-hydroxylation sites is 2. The Labute approximate surface area is 367 Å². The monoisotopic (exact) mass is 846 g/mol. The molecule has 3 N–H and O–H groups in total. The fourth-order valence-electron chi connectivity index (χ4n) is 8.30. The number of carbonyl (C=O) groups excluding carboxylic acids is 3. The number of fused-ring (bicyclic) bond motifs is 1. The number of nitrogens with zero attached hydrogens (tertiary/aromatic N) is 6. The van der Waals surface area contributed by atoms with Gasteiger partial charge in [0.25, 0.3) is 5.91 Å². The van der Waals surface area contributed by atoms with Crippen molar-refractivity contribution in [1.82, 2.24) is 25.5 Å². The Balaban J connectivity index is 1.08. The SMILES string of the molecule is Cc1cccc2c1N(CC(=O)c1ccccc1O)C(=O)[C@H](NC(=O)Nc1cccc(-c3nnnn3C(c3ccccc3)(c3ccccc3)c3ccccc3)c1)N=C2c1ccccc1F. The molecule has 64 heavy (non-hydrogen) atoms. The van der Waals surface area contributed by atoms with Crippen LogP contribution in [0.5, 0.6) is 5.75 Å². The zero-order valence-corrected chi connectivity index (χ0v) is 34.3. The first-order chi connectivity index (χ1) is 31.2. The normalized spacial score (nSPS) is 13.7. The number of nitrogens with one attached hydrogen (secondary N) is 2. The summed E-state index contributed by atoms with van der Waals surface area (Å²) in [5.41, 5.74) is 4.07. The second kappa shape index (κ2) is 17.4. The van der Waals surface area contributed by atoms with Gasteiger partial charge < -0.3 is 20.6 Å². The fourth-order valence-corrected chi connectivity index (χ4v) is 8.30. The summed E-state index contributed by atoms with van der Waals surface area (Å²) in [4.78, 5) is 48.5. The van der Waals surface area contributed by atoms with E-state index in [4.69, 9.17) is 4.99 Å². The van der Waals surface area contributed by atoms with E-state index in [1.807, 2.05) is 97.1 Å². The number of carbonyl (C=O) groups is 3. The number of phenols is 1. The molecule has 1 aliphatic heterocycles. The number of hydrogen-bond acceptors (Lipinski definition) is 8. The van der Waals surface area contributed by atoms with E-state index >= 15 is 4.39 Å². The van der Waals surface area contributed by atoms with Crippen molar-refractivity contribution < 1.29 is 23.9 Å². The van der Waals surface area contributed by atoms with Gasteiger partial charge in [0, 0.05) is 22.4 Å². The van der Waals surface area contributed by atoms with Crippen molar-refractivity contribution in [2.45, 2.75) is 18.6 Å². The first-order valence-electron chi connectivity index (χ1n) is 20.4. The molecule has 9 rings (SSSR count). The minimum atomic E-state index is -1.63. The number of urea groups is 1. The highest BCUT2D eigenvalue weighted by Crippen LogP contribution is 2.42. The molecule has 0 fully saturated rings. The molecule has 0 unspecified atom stereocenters. The number of anilines is 2. The predicted octanol–water partition coefficient (Wildman–Crippen LogP) is 8.55. The highest BCUT2D eigenvalue weighted by atomic mass is 19.1. The van der Waals surface area contributed by atoms with E-state index in [1.54, 1.807) is 66.2 Å². The third-order valence-corrected chi connectivity index (χ3v) is 11.2. The van der Waals surface area contributed by atoms with Crippen molar-refractivity contribution in [3.63, 3.8) is 0 Å². The van der Waals surface area contributed by atoms with Crippen LogP contribution in [0.25, 0.3) is 11.4 Å². The van der Waals surface area contributed by atoms with Gasteiger partial charge in [-0.05, 0) is 76.0 Å². The van der Waals surface area contributed by atoms with Crippen LogP contribution >= 0.6 is 0 Å². The van der Waals surface area contributed by atoms with Crippen molar-refractivity contribution in [2.24, 2.45) is 4.99 Å². The number of aromatic nitrogens is 4. The Morgan fingerprint density at radius 1 is 0.719 bits per heavy atom. The zero-order chi connectivity index (χ0) is 44.2. The van der Waals surface area contributed by atoms with Gasteiger partial charge in [-0.15, -0.1) is 5.10 Å². The van der Waals surface area contributed by atoms with Gasteiger partial charge in [-0.3, -0.25) is 9.59 Å². The Morgan fingerprint density at radius 3 is 1.97 bits per heavy atom. The van der Waals surface area contributed by atoms with E-state index in [-0.39, 0.29) is 22.6 Å². The topological polar surface area (TPSA) is 155 Å². The highest BCUT2D eigenvalue weighted by Gasteiger charge is 2.42. The number of aryl methyl sites for hydroxylation is 1. The summed E-state index contributed by atoms with van der Waals surface area (Å²) >= 11 is 0. The van der Waals surface area contributed by atoms with Crippen LogP contribution in [0.3, 0.4) is 0 Å². The molecule has 3 amide bonds. The Morgan fingerprint density at radius 2 is 1.31 bits per heavy atom. The molecular formula is C51H39FN8O4. The molecule has 0 saturated heterocycles. The van der Waals surface area contributed by atoms with Gasteiger partial charge in [-0.2, -0.15) is 0 Å². The lowest BCUT2D eigenvalue weighted by Crippen LogP contribution is -2.50. The Bertz CT molecular complexity index is 2950. The van der Waals surface area contributed by atoms with Gasteiger partial charge in [0.15, 0.2) is 11.6 Å². The lowest BCUT2D eigenvalue weighted by atomic mass is 9.77. The first kappa shape index (κ1) is 40.8. The van der Waals surface area contributed by atoms with Crippen molar-refractivity contribution in [3.05, 3.63) is 227 Å². The lowest BCUT2D eigenvalue weighted by Gasteiger charge is -2.36. The molecule has 13 heteroatoms. The van der Waals surface area contributed by atoms with Crippen LogP contribution in [-0.2, 0) is 10.3 Å². The van der Waals surface area contributed by atoms with E-state index in [9.17, 15) is 19.5 Å². The second-order valence-electron chi connectivity index (χ2n) is 15.1. The maximum atomic E-state index is 15.6. The molecule has 1 aromatic heterocycles. The lowest BCUT2D eigenvalue weighted by molar-refractivity contribution is -0.120. The van der Waals surface area contributed by atoms with Gasteiger partial charge in [-0.25, -0.2) is 18.9 Å². The van der Waals surface area contributed by atoms with Crippen molar-refractivity contribution >= 4 is 34.8 Å². The summed E-state index contributed by atoms with van der Waals surface area (Å²) in [6.45, 7) is 1.25. The van der Waals surface area contributed by atoms with E-state index in [1.165, 1.54) is 35.2 Å². The first-order valence-corrected chi connectivity index (χ1v) is 20.4. The van der Waals surface area contributed by atoms with Gasteiger partial charge in [0.2, 0.25) is 6.17 Å². The molecule has 12 nitrogen and oxygen atoms in total. The summed E-state index contributed by atoms with van der Waals surface area (Å²) < 4.78 is 17.4. The van der Waals surface area contributed by atoms with Gasteiger partial charge in [0.05, 0.1) is 23.5 Å². The molecule has 314 valence electrons. The van der Waals surface area contributed by atoms with Crippen molar-refractivity contribution in [3.8, 4) is 17.1 Å². The maximum absolute atomic E-state index is 15.6. The van der Waals surface area contributed by atoms with E-state index in [0.29, 0.717) is 33.9 Å². The number of benzene rings is 7. The number of tetrazole rings is 1. The number of aromatic hydroxyl groups is 1. The fraction of sp³-hybridized carbons (Fsp3) is 0.0784. The number of amides is 3. The van der Waals surface area contributed by atoms with Gasteiger partial charge >= 0.3 is 6.03 Å². The van der Waals surface area contributed by atoms with E-state index in [0.717, 1.165) is 16.7 Å². The molecular weight excluding hydrogens is 808 g/mol. The highest BCUT2D eigenvalue weighted by molar-refractivity contribution is 6.22. The van der Waals surface area contributed by atoms with Crippen molar-refractivity contribution in [1.29, 1.82) is 0 Å². The molecule has 1 atom stereocenters. The summed E-state index contributed by atoms with van der Waals surface area (Å²) in [6, 6.07) is 53.2. The molecule has 7 aromatic carbocycles. The van der Waals surface area contributed by atoms with Crippen molar-refractivity contribution in [2.75, 3.05) is 16.8 Å². The minimum absolute atomic E-state index is 0.00615. The van der Waals surface area contributed by atoms with Crippen LogP contribution in [0.2, 0.25) is 0 Å². The number of rotatable bonds is 11. The zero-order valence-electron chi connectivity index (χ0n) is 34.3. The Hall–Kier alpha value is -8.58. The van der Waals surface area contributed by atoms with Crippen LogP contribution in [0.4, 0.5) is 20.6 Å². The number of aliphatic imine (C=N–C) groups is 1. The third kappa shape index (κ3) is 7.55. The second-order valence-corrected chi connectivity index (χ2v) is 15.1. The minimum Gasteiger partial charge on any atom is -0.507 e. The summed E-state index contributed by atoms with van der Waals surface area (Å²) in [7, 11) is 0. The number of phenolic OH excluding ortho intramolecular Hbond substituents is 1. The van der Waals surface area contributed by atoms with Crippen LogP contribution in [-0.4, -0.2) is 61.5 Å². The standard InChI is InChI=1S/C51H39FN8O4/c1-33-17-15-28-41-45(39-26-11-13-29-42(39)52)54-47(49(63)59(46(33)41)32-44(62)40-27-12-14-30-43(40)61)55-50(64)53-38-25-16-18-34(31-38)48-56-57-58-60(48)51(35-19-5-2-6-20-35,36-21-7-3-8-22-36)37-23-9-4-10-24-37/h2-31,47,61H,32H2,1H3,(H2,53,55,64)/t47-/m0/s1. The number of halogens is 1. The number of ketones is 1. The molecule has 0 bridgehead atoms.